The molecule has 1 unspecified atom stereocenters. The fraction of sp³-hybridized carbons (Fsp3) is 0.462. The van der Waals surface area contributed by atoms with Crippen molar-refractivity contribution < 1.29 is 4.79 Å². The molecule has 1 saturated heterocycles. The number of carbonyl (C=O) groups excluding carboxylic acids is 1. The van der Waals surface area contributed by atoms with Gasteiger partial charge in [-0.05, 0) is 44.6 Å². The topological polar surface area (TPSA) is 32.3 Å². The van der Waals surface area contributed by atoms with E-state index in [4.69, 9.17) is 23.2 Å². The van der Waals surface area contributed by atoms with E-state index in [1.807, 2.05) is 7.05 Å². The minimum absolute atomic E-state index is 0.0416. The van der Waals surface area contributed by atoms with Gasteiger partial charge in [0.15, 0.2) is 0 Å². The van der Waals surface area contributed by atoms with Crippen LogP contribution in [0.5, 0.6) is 0 Å². The summed E-state index contributed by atoms with van der Waals surface area (Å²) in [6, 6.07) is 5.06. The maximum absolute atomic E-state index is 12.1. The molecule has 1 aromatic carbocycles. The van der Waals surface area contributed by atoms with Crippen LogP contribution in [0.3, 0.4) is 0 Å². The van der Waals surface area contributed by atoms with Crippen molar-refractivity contribution in [1.82, 2.24) is 4.90 Å². The molecule has 0 saturated carbocycles. The maximum atomic E-state index is 12.1. The van der Waals surface area contributed by atoms with E-state index >= 15 is 0 Å². The first-order valence-corrected chi connectivity index (χ1v) is 6.75. The number of hydrogen-bond donors (Lipinski definition) is 1. The summed E-state index contributed by atoms with van der Waals surface area (Å²) in [5.74, 6) is 0.0846. The van der Waals surface area contributed by atoms with E-state index in [-0.39, 0.29) is 11.8 Å². The van der Waals surface area contributed by atoms with E-state index in [1.54, 1.807) is 18.2 Å². The van der Waals surface area contributed by atoms with Gasteiger partial charge in [0.1, 0.15) is 0 Å². The molecular formula is C13H16Cl2N2O. The summed E-state index contributed by atoms with van der Waals surface area (Å²) in [5.41, 5.74) is 0.658. The number of carbonyl (C=O) groups is 1. The van der Waals surface area contributed by atoms with Crippen LogP contribution in [0.4, 0.5) is 5.69 Å². The van der Waals surface area contributed by atoms with E-state index in [0.29, 0.717) is 15.7 Å². The number of hydrogen-bond acceptors (Lipinski definition) is 2. The van der Waals surface area contributed by atoms with Crippen molar-refractivity contribution in [1.29, 1.82) is 0 Å². The highest BCUT2D eigenvalue weighted by Crippen LogP contribution is 2.24. The summed E-state index contributed by atoms with van der Waals surface area (Å²) in [7, 11) is 2.04. The number of nitrogens with zero attached hydrogens (tertiary/aromatic N) is 1. The first-order chi connectivity index (χ1) is 8.54. The molecule has 0 bridgehead atoms. The summed E-state index contributed by atoms with van der Waals surface area (Å²) in [6.45, 7) is 1.87. The van der Waals surface area contributed by atoms with Gasteiger partial charge in [0.25, 0.3) is 0 Å². The largest absolute Gasteiger partial charge is 0.326 e. The minimum Gasteiger partial charge on any atom is -0.326 e. The van der Waals surface area contributed by atoms with Crippen molar-refractivity contribution in [3.05, 3.63) is 28.2 Å². The Hall–Kier alpha value is -0.770. The number of halogens is 2. The molecule has 0 aliphatic carbocycles. The molecule has 0 radical (unpaired) electrons. The average molecular weight is 287 g/mol. The molecule has 2 rings (SSSR count). The lowest BCUT2D eigenvalue weighted by Gasteiger charge is -2.28. The Morgan fingerprint density at radius 1 is 1.33 bits per heavy atom. The van der Waals surface area contributed by atoms with Gasteiger partial charge in [-0.1, -0.05) is 23.2 Å². The van der Waals surface area contributed by atoms with Gasteiger partial charge in [0.2, 0.25) is 5.91 Å². The van der Waals surface area contributed by atoms with Crippen LogP contribution in [-0.2, 0) is 4.79 Å². The Kier molecular flexibility index (Phi) is 4.49. The number of likely N-dealkylation sites (tertiary alicyclic amines) is 1. The summed E-state index contributed by atoms with van der Waals surface area (Å²) in [4.78, 5) is 14.3. The maximum Gasteiger partial charge on any atom is 0.228 e. The van der Waals surface area contributed by atoms with Gasteiger partial charge in [0, 0.05) is 22.3 Å². The van der Waals surface area contributed by atoms with Crippen molar-refractivity contribution in [2.45, 2.75) is 12.8 Å². The minimum atomic E-state index is 0.0416. The van der Waals surface area contributed by atoms with Gasteiger partial charge in [0.05, 0.1) is 5.92 Å². The van der Waals surface area contributed by atoms with Crippen molar-refractivity contribution in [3.63, 3.8) is 0 Å². The summed E-state index contributed by atoms with van der Waals surface area (Å²) in [5, 5.41) is 3.93. The van der Waals surface area contributed by atoms with E-state index in [0.717, 1.165) is 25.9 Å². The average Bonchev–Trinajstić information content (AvgIpc) is 2.27. The number of rotatable bonds is 2. The molecule has 1 aliphatic rings. The third kappa shape index (κ3) is 3.61. The van der Waals surface area contributed by atoms with Gasteiger partial charge in [-0.25, -0.2) is 0 Å². The Morgan fingerprint density at radius 2 is 2.00 bits per heavy atom. The highest BCUT2D eigenvalue weighted by Gasteiger charge is 2.23. The number of piperidine rings is 1. The van der Waals surface area contributed by atoms with E-state index < -0.39 is 0 Å². The smallest absolute Gasteiger partial charge is 0.228 e. The van der Waals surface area contributed by atoms with E-state index in [9.17, 15) is 4.79 Å². The van der Waals surface area contributed by atoms with Gasteiger partial charge < -0.3 is 10.2 Å². The molecular weight excluding hydrogens is 271 g/mol. The number of benzene rings is 1. The number of anilines is 1. The van der Waals surface area contributed by atoms with Crippen LogP contribution in [0.25, 0.3) is 0 Å². The third-order valence-corrected chi connectivity index (χ3v) is 3.56. The molecule has 0 aromatic heterocycles. The molecule has 5 heteroatoms. The molecule has 1 aromatic rings. The lowest BCUT2D eigenvalue weighted by molar-refractivity contribution is -0.121. The zero-order chi connectivity index (χ0) is 13.1. The first-order valence-electron chi connectivity index (χ1n) is 6.00. The Labute approximate surface area is 117 Å². The zero-order valence-corrected chi connectivity index (χ0v) is 11.8. The molecule has 1 atom stereocenters. The Morgan fingerprint density at radius 3 is 2.61 bits per heavy atom. The Bertz CT molecular complexity index is 430. The summed E-state index contributed by atoms with van der Waals surface area (Å²) in [6.07, 6.45) is 2.00. The SMILES string of the molecule is CN1CCCC(C(=O)Nc2cc(Cl)cc(Cl)c2)C1. The second-order valence-corrected chi connectivity index (χ2v) is 5.62. The van der Waals surface area contributed by atoms with Crippen molar-refractivity contribution in [2.24, 2.45) is 5.92 Å². The number of nitrogens with one attached hydrogen (secondary N) is 1. The highest BCUT2D eigenvalue weighted by atomic mass is 35.5. The van der Waals surface area contributed by atoms with Gasteiger partial charge in [-0.3, -0.25) is 4.79 Å². The monoisotopic (exact) mass is 286 g/mol. The fourth-order valence-electron chi connectivity index (χ4n) is 2.25. The number of amides is 1. The highest BCUT2D eigenvalue weighted by molar-refractivity contribution is 6.35. The van der Waals surface area contributed by atoms with E-state index in [1.165, 1.54) is 0 Å². The second-order valence-electron chi connectivity index (χ2n) is 4.75. The first kappa shape index (κ1) is 13.7. The zero-order valence-electron chi connectivity index (χ0n) is 10.2. The normalized spacial score (nSPS) is 20.7. The molecule has 98 valence electrons. The quantitative estimate of drug-likeness (QED) is 0.905. The van der Waals surface area contributed by atoms with Crippen molar-refractivity contribution >= 4 is 34.8 Å². The molecule has 18 heavy (non-hydrogen) atoms. The molecule has 1 amide bonds. The Balaban J connectivity index is 2.02. The molecule has 0 spiro atoms. The van der Waals surface area contributed by atoms with Crippen LogP contribution >= 0.6 is 23.2 Å². The van der Waals surface area contributed by atoms with Crippen molar-refractivity contribution in [2.75, 3.05) is 25.5 Å². The van der Waals surface area contributed by atoms with Crippen LogP contribution in [0.15, 0.2) is 18.2 Å². The summed E-state index contributed by atoms with van der Waals surface area (Å²) < 4.78 is 0. The van der Waals surface area contributed by atoms with Crippen LogP contribution in [0.1, 0.15) is 12.8 Å². The predicted octanol–water partition coefficient (Wildman–Crippen LogP) is 3.27. The van der Waals surface area contributed by atoms with E-state index in [2.05, 4.69) is 10.2 Å². The standard InChI is InChI=1S/C13H16Cl2N2O/c1-17-4-2-3-9(8-17)13(18)16-12-6-10(14)5-11(15)7-12/h5-7,9H,2-4,8H2,1H3,(H,16,18). The van der Waals surface area contributed by atoms with Gasteiger partial charge >= 0.3 is 0 Å². The fourth-order valence-corrected chi connectivity index (χ4v) is 2.78. The predicted molar refractivity (Wildman–Crippen MR) is 75.3 cm³/mol. The van der Waals surface area contributed by atoms with Gasteiger partial charge in [-0.2, -0.15) is 0 Å². The lowest BCUT2D eigenvalue weighted by Crippen LogP contribution is -2.38. The van der Waals surface area contributed by atoms with Crippen LogP contribution in [0.2, 0.25) is 10.0 Å². The summed E-state index contributed by atoms with van der Waals surface area (Å²) >= 11 is 11.8. The molecule has 1 fully saturated rings. The van der Waals surface area contributed by atoms with Crippen LogP contribution in [-0.4, -0.2) is 30.9 Å². The van der Waals surface area contributed by atoms with Crippen LogP contribution < -0.4 is 5.32 Å². The third-order valence-electron chi connectivity index (χ3n) is 3.13. The molecule has 1 aliphatic heterocycles. The lowest BCUT2D eigenvalue weighted by atomic mass is 9.97. The van der Waals surface area contributed by atoms with Gasteiger partial charge in [-0.15, -0.1) is 0 Å². The molecule has 3 nitrogen and oxygen atoms in total. The molecule has 1 heterocycles. The second kappa shape index (κ2) is 5.91. The van der Waals surface area contributed by atoms with Crippen LogP contribution in [0, 0.1) is 5.92 Å². The molecule has 1 N–H and O–H groups in total. The van der Waals surface area contributed by atoms with Crippen molar-refractivity contribution in [3.8, 4) is 0 Å².